The molecule has 0 saturated carbocycles. The van der Waals surface area contributed by atoms with E-state index in [1.165, 1.54) is 0 Å². The molecular weight excluding hydrogens is 244 g/mol. The molecule has 1 aliphatic rings. The van der Waals surface area contributed by atoms with Crippen molar-refractivity contribution in [2.45, 2.75) is 51.7 Å². The van der Waals surface area contributed by atoms with Crippen molar-refractivity contribution in [3.05, 3.63) is 0 Å². The van der Waals surface area contributed by atoms with Crippen molar-refractivity contribution < 1.29 is 14.3 Å². The van der Waals surface area contributed by atoms with Gasteiger partial charge in [-0.15, -0.1) is 0 Å². The molecule has 0 aliphatic carbocycles. The highest BCUT2D eigenvalue weighted by Crippen LogP contribution is 2.17. The fourth-order valence-corrected chi connectivity index (χ4v) is 2.37. The van der Waals surface area contributed by atoms with E-state index in [1.807, 2.05) is 4.90 Å². The number of hydrogen-bond acceptors (Lipinski definition) is 4. The summed E-state index contributed by atoms with van der Waals surface area (Å²) in [5.41, 5.74) is 0. The largest absolute Gasteiger partial charge is 0.382 e. The molecule has 1 amide bonds. The molecule has 5 heteroatoms. The molecular formula is C14H28N2O3. The number of carbonyl (C=O) groups excluding carboxylic acids is 1. The molecule has 1 heterocycles. The number of hydrogen-bond donors (Lipinski definition) is 1. The molecule has 0 aromatic carbocycles. The summed E-state index contributed by atoms with van der Waals surface area (Å²) < 4.78 is 10.4. The van der Waals surface area contributed by atoms with Crippen LogP contribution in [0.25, 0.3) is 0 Å². The second-order valence-electron chi connectivity index (χ2n) is 4.92. The highest BCUT2D eigenvalue weighted by molar-refractivity contribution is 5.84. The number of unbranched alkanes of at least 4 members (excludes halogenated alkanes) is 1. The summed E-state index contributed by atoms with van der Waals surface area (Å²) in [6.45, 7) is 6.68. The Labute approximate surface area is 116 Å². The van der Waals surface area contributed by atoms with Crippen molar-refractivity contribution in [3.8, 4) is 0 Å². The van der Waals surface area contributed by atoms with Gasteiger partial charge in [0.05, 0.1) is 32.0 Å². The van der Waals surface area contributed by atoms with E-state index in [9.17, 15) is 4.79 Å². The van der Waals surface area contributed by atoms with E-state index in [2.05, 4.69) is 19.2 Å². The molecule has 0 aromatic heterocycles. The summed E-state index contributed by atoms with van der Waals surface area (Å²) in [6.07, 6.45) is 4.26. The Balaban J connectivity index is 2.35. The van der Waals surface area contributed by atoms with Crippen LogP contribution in [0.3, 0.4) is 0 Å². The first-order valence-corrected chi connectivity index (χ1v) is 7.37. The number of rotatable bonds is 10. The molecule has 0 spiro atoms. The second kappa shape index (κ2) is 9.28. The van der Waals surface area contributed by atoms with Crippen LogP contribution in [0.4, 0.5) is 0 Å². The smallest absolute Gasteiger partial charge is 0.241 e. The maximum atomic E-state index is 12.3. The van der Waals surface area contributed by atoms with Crippen molar-refractivity contribution in [3.63, 3.8) is 0 Å². The van der Waals surface area contributed by atoms with Crippen molar-refractivity contribution in [1.82, 2.24) is 10.2 Å². The first kappa shape index (κ1) is 16.4. The number of nitrogens with zero attached hydrogens (tertiary/aromatic N) is 1. The van der Waals surface area contributed by atoms with Gasteiger partial charge in [0.15, 0.2) is 0 Å². The molecule has 1 saturated heterocycles. The third-order valence-electron chi connectivity index (χ3n) is 3.49. The van der Waals surface area contributed by atoms with Gasteiger partial charge in [-0.3, -0.25) is 10.1 Å². The highest BCUT2D eigenvalue weighted by Gasteiger charge is 2.36. The molecule has 112 valence electrons. The van der Waals surface area contributed by atoms with Crippen molar-refractivity contribution in [2.24, 2.45) is 0 Å². The minimum atomic E-state index is 0.00359. The zero-order valence-electron chi connectivity index (χ0n) is 12.5. The molecule has 0 aromatic rings. The molecule has 0 radical (unpaired) electrons. The Morgan fingerprint density at radius 2 is 2.05 bits per heavy atom. The lowest BCUT2D eigenvalue weighted by molar-refractivity contribution is -0.131. The zero-order valence-corrected chi connectivity index (χ0v) is 12.5. The first-order valence-electron chi connectivity index (χ1n) is 7.37. The average molecular weight is 272 g/mol. The maximum Gasteiger partial charge on any atom is 0.241 e. The minimum Gasteiger partial charge on any atom is -0.382 e. The second-order valence-corrected chi connectivity index (χ2v) is 4.92. The van der Waals surface area contributed by atoms with Crippen LogP contribution in [0, 0.1) is 0 Å². The summed E-state index contributed by atoms with van der Waals surface area (Å²) in [7, 11) is 1.66. The van der Waals surface area contributed by atoms with Crippen LogP contribution < -0.4 is 5.32 Å². The van der Waals surface area contributed by atoms with Gasteiger partial charge in [0, 0.05) is 13.7 Å². The number of methoxy groups -OCH3 is 1. The van der Waals surface area contributed by atoms with Gasteiger partial charge in [-0.2, -0.15) is 0 Å². The Hall–Kier alpha value is -0.650. The maximum absolute atomic E-state index is 12.3. The average Bonchev–Trinajstić information content (AvgIpc) is 2.73. The van der Waals surface area contributed by atoms with Gasteiger partial charge >= 0.3 is 0 Å². The Bertz CT molecular complexity index is 261. The number of ether oxygens (including phenoxy) is 2. The summed E-state index contributed by atoms with van der Waals surface area (Å²) >= 11 is 0. The molecule has 1 aliphatic heterocycles. The molecule has 1 rings (SSSR count). The number of amides is 1. The topological polar surface area (TPSA) is 50.8 Å². The predicted octanol–water partition coefficient (Wildman–Crippen LogP) is 1.38. The zero-order chi connectivity index (χ0) is 14.1. The lowest BCUT2D eigenvalue weighted by atomic mass is 10.1. The number of nitrogens with one attached hydrogen (secondary N) is 1. The van der Waals surface area contributed by atoms with Crippen LogP contribution in [-0.4, -0.2) is 56.5 Å². The van der Waals surface area contributed by atoms with E-state index >= 15 is 0 Å². The van der Waals surface area contributed by atoms with E-state index in [1.54, 1.807) is 7.11 Å². The molecule has 2 unspecified atom stereocenters. The van der Waals surface area contributed by atoms with E-state index in [0.717, 1.165) is 25.7 Å². The van der Waals surface area contributed by atoms with Crippen LogP contribution in [0.1, 0.15) is 39.5 Å². The normalized spacial score (nSPS) is 23.3. The van der Waals surface area contributed by atoms with Crippen molar-refractivity contribution >= 4 is 5.91 Å². The number of carbonyl (C=O) groups is 1. The summed E-state index contributed by atoms with van der Waals surface area (Å²) in [5.74, 6) is 0.232. The van der Waals surface area contributed by atoms with E-state index in [-0.39, 0.29) is 18.1 Å². The fraction of sp³-hybridized carbons (Fsp3) is 0.929. The Morgan fingerprint density at radius 1 is 1.26 bits per heavy atom. The molecule has 1 N–H and O–H groups in total. The standard InChI is InChI=1S/C14H28N2O3/c1-4-6-7-12-14(17)16(13(5-2)15-12)8-9-19-11-10-18-3/h12-13,15H,4-11H2,1-3H3. The van der Waals surface area contributed by atoms with Crippen LogP contribution in [-0.2, 0) is 14.3 Å². The summed E-state index contributed by atoms with van der Waals surface area (Å²) in [5, 5.41) is 3.42. The van der Waals surface area contributed by atoms with Gasteiger partial charge in [-0.05, 0) is 12.8 Å². The molecule has 2 atom stereocenters. The van der Waals surface area contributed by atoms with E-state index in [4.69, 9.17) is 9.47 Å². The van der Waals surface area contributed by atoms with Gasteiger partial charge < -0.3 is 14.4 Å². The third kappa shape index (κ3) is 5.09. The quantitative estimate of drug-likeness (QED) is 0.610. The first-order chi connectivity index (χ1) is 9.24. The predicted molar refractivity (Wildman–Crippen MR) is 74.9 cm³/mol. The Kier molecular flexibility index (Phi) is 8.02. The molecule has 0 bridgehead atoms. The summed E-state index contributed by atoms with van der Waals surface area (Å²) in [4.78, 5) is 14.2. The van der Waals surface area contributed by atoms with Crippen LogP contribution in [0.2, 0.25) is 0 Å². The minimum absolute atomic E-state index is 0.00359. The van der Waals surface area contributed by atoms with Crippen molar-refractivity contribution in [1.29, 1.82) is 0 Å². The SMILES string of the molecule is CCCCC1NC(CC)N(CCOCCOC)C1=O. The molecule has 1 fully saturated rings. The lowest BCUT2D eigenvalue weighted by Gasteiger charge is -2.22. The van der Waals surface area contributed by atoms with Gasteiger partial charge in [0.1, 0.15) is 0 Å². The monoisotopic (exact) mass is 272 g/mol. The Morgan fingerprint density at radius 3 is 2.68 bits per heavy atom. The lowest BCUT2D eigenvalue weighted by Crippen LogP contribution is -2.39. The van der Waals surface area contributed by atoms with Gasteiger partial charge in [0.2, 0.25) is 5.91 Å². The van der Waals surface area contributed by atoms with Crippen LogP contribution in [0.15, 0.2) is 0 Å². The third-order valence-corrected chi connectivity index (χ3v) is 3.49. The molecule has 19 heavy (non-hydrogen) atoms. The molecule has 5 nitrogen and oxygen atoms in total. The summed E-state index contributed by atoms with van der Waals surface area (Å²) in [6, 6.07) is 0.00359. The van der Waals surface area contributed by atoms with Gasteiger partial charge in [-0.1, -0.05) is 26.7 Å². The van der Waals surface area contributed by atoms with Crippen molar-refractivity contribution in [2.75, 3.05) is 33.5 Å². The highest BCUT2D eigenvalue weighted by atomic mass is 16.5. The van der Waals surface area contributed by atoms with E-state index < -0.39 is 0 Å². The van der Waals surface area contributed by atoms with Crippen LogP contribution in [0.5, 0.6) is 0 Å². The van der Waals surface area contributed by atoms with Gasteiger partial charge in [-0.25, -0.2) is 0 Å². The van der Waals surface area contributed by atoms with Crippen LogP contribution >= 0.6 is 0 Å². The van der Waals surface area contributed by atoms with Gasteiger partial charge in [0.25, 0.3) is 0 Å². The van der Waals surface area contributed by atoms with E-state index in [0.29, 0.717) is 26.4 Å². The fourth-order valence-electron chi connectivity index (χ4n) is 2.37.